The fourth-order valence-electron chi connectivity index (χ4n) is 2.60. The van der Waals surface area contributed by atoms with Crippen molar-refractivity contribution in [2.45, 2.75) is 18.3 Å². The van der Waals surface area contributed by atoms with Crippen LogP contribution >= 0.6 is 11.8 Å². The van der Waals surface area contributed by atoms with E-state index in [-0.39, 0.29) is 5.75 Å². The van der Waals surface area contributed by atoms with Crippen LogP contribution in [0.25, 0.3) is 17.1 Å². The van der Waals surface area contributed by atoms with E-state index < -0.39 is 18.6 Å². The molecule has 1 amide bonds. The predicted molar refractivity (Wildman–Crippen MR) is 108 cm³/mol. The van der Waals surface area contributed by atoms with Gasteiger partial charge in [0.25, 0.3) is 0 Å². The number of aromatic nitrogens is 3. The number of ether oxygens (including phenoxy) is 1. The molecular formula is C20H19F3N4O2S. The zero-order valence-electron chi connectivity index (χ0n) is 16.2. The Balaban J connectivity index is 1.88. The van der Waals surface area contributed by atoms with Gasteiger partial charge in [-0.2, -0.15) is 13.2 Å². The Hall–Kier alpha value is -3.01. The lowest BCUT2D eigenvalue weighted by Crippen LogP contribution is -2.34. The van der Waals surface area contributed by atoms with Gasteiger partial charge in [-0.25, -0.2) is 0 Å². The third kappa shape index (κ3) is 5.53. The molecule has 158 valence electrons. The summed E-state index contributed by atoms with van der Waals surface area (Å²) in [6, 6.07) is 14.9. The van der Waals surface area contributed by atoms with Crippen molar-refractivity contribution in [2.75, 3.05) is 19.4 Å². The molecule has 0 unspecified atom stereocenters. The van der Waals surface area contributed by atoms with E-state index in [0.29, 0.717) is 16.7 Å². The fraction of sp³-hybridized carbons (Fsp3) is 0.250. The van der Waals surface area contributed by atoms with Crippen molar-refractivity contribution in [3.05, 3.63) is 54.1 Å². The van der Waals surface area contributed by atoms with Crippen LogP contribution in [0.4, 0.5) is 13.2 Å². The summed E-state index contributed by atoms with van der Waals surface area (Å²) < 4.78 is 43.8. The number of benzene rings is 2. The van der Waals surface area contributed by atoms with Gasteiger partial charge in [0.2, 0.25) is 5.91 Å². The topological polar surface area (TPSA) is 69.0 Å². The first-order valence-corrected chi connectivity index (χ1v) is 9.88. The minimum Gasteiger partial charge on any atom is -0.497 e. The number of rotatable bonds is 7. The fourth-order valence-corrected chi connectivity index (χ4v) is 3.38. The predicted octanol–water partition coefficient (Wildman–Crippen LogP) is 4.02. The van der Waals surface area contributed by atoms with Crippen molar-refractivity contribution in [1.82, 2.24) is 20.1 Å². The maximum absolute atomic E-state index is 12.3. The summed E-state index contributed by atoms with van der Waals surface area (Å²) >= 11 is 1.01. The molecule has 0 saturated carbocycles. The van der Waals surface area contributed by atoms with Crippen LogP contribution in [0.1, 0.15) is 5.56 Å². The van der Waals surface area contributed by atoms with E-state index in [1.54, 1.807) is 23.8 Å². The number of hydrogen-bond acceptors (Lipinski definition) is 5. The number of carbonyl (C=O) groups excluding carboxylic acids is 1. The van der Waals surface area contributed by atoms with Gasteiger partial charge in [0.15, 0.2) is 11.0 Å². The Morgan fingerprint density at radius 1 is 1.10 bits per heavy atom. The van der Waals surface area contributed by atoms with Gasteiger partial charge in [-0.1, -0.05) is 29.5 Å². The van der Waals surface area contributed by atoms with Crippen LogP contribution in [0, 0.1) is 6.92 Å². The Labute approximate surface area is 175 Å². The van der Waals surface area contributed by atoms with Gasteiger partial charge < -0.3 is 10.1 Å². The minimum absolute atomic E-state index is 0.220. The molecule has 0 atom stereocenters. The zero-order chi connectivity index (χ0) is 21.7. The molecule has 3 aromatic rings. The Morgan fingerprint density at radius 2 is 1.77 bits per heavy atom. The molecule has 0 aliphatic carbocycles. The van der Waals surface area contributed by atoms with Crippen molar-refractivity contribution in [1.29, 1.82) is 0 Å². The number of carbonyl (C=O) groups is 1. The first-order chi connectivity index (χ1) is 14.3. The van der Waals surface area contributed by atoms with Crippen molar-refractivity contribution in [3.63, 3.8) is 0 Å². The summed E-state index contributed by atoms with van der Waals surface area (Å²) in [4.78, 5) is 11.8. The maximum Gasteiger partial charge on any atom is 0.405 e. The van der Waals surface area contributed by atoms with Crippen molar-refractivity contribution >= 4 is 17.7 Å². The van der Waals surface area contributed by atoms with E-state index in [4.69, 9.17) is 4.74 Å². The highest BCUT2D eigenvalue weighted by Crippen LogP contribution is 2.29. The van der Waals surface area contributed by atoms with E-state index >= 15 is 0 Å². The molecule has 1 N–H and O–H groups in total. The van der Waals surface area contributed by atoms with Gasteiger partial charge in [0, 0.05) is 11.3 Å². The number of aryl methyl sites for hydroxylation is 1. The van der Waals surface area contributed by atoms with Crippen LogP contribution in [-0.4, -0.2) is 46.3 Å². The van der Waals surface area contributed by atoms with E-state index in [0.717, 1.165) is 28.6 Å². The average Bonchev–Trinajstić information content (AvgIpc) is 3.14. The minimum atomic E-state index is -4.45. The summed E-state index contributed by atoms with van der Waals surface area (Å²) in [6.45, 7) is 0.592. The van der Waals surface area contributed by atoms with Crippen LogP contribution in [0.3, 0.4) is 0 Å². The summed E-state index contributed by atoms with van der Waals surface area (Å²) in [5, 5.41) is 10.7. The normalized spacial score (nSPS) is 11.4. The molecule has 2 aromatic carbocycles. The molecular weight excluding hydrogens is 417 g/mol. The third-order valence-corrected chi connectivity index (χ3v) is 5.02. The van der Waals surface area contributed by atoms with Crippen LogP contribution in [-0.2, 0) is 4.79 Å². The van der Waals surface area contributed by atoms with E-state index in [2.05, 4.69) is 10.2 Å². The third-order valence-electron chi connectivity index (χ3n) is 4.09. The molecule has 0 fully saturated rings. The molecule has 1 aromatic heterocycles. The smallest absolute Gasteiger partial charge is 0.405 e. The Kier molecular flexibility index (Phi) is 6.66. The standard InChI is InChI=1S/C20H19F3N4O2S/c1-13-3-7-15(8-4-13)27-18(14-5-9-16(29-2)10-6-14)25-26-19(27)30-11-17(28)24-12-20(21,22)23/h3-10H,11-12H2,1-2H3,(H,24,28). The highest BCUT2D eigenvalue weighted by Gasteiger charge is 2.27. The van der Waals surface area contributed by atoms with Gasteiger partial charge in [0.05, 0.1) is 12.9 Å². The van der Waals surface area contributed by atoms with Crippen LogP contribution in [0.5, 0.6) is 5.75 Å². The van der Waals surface area contributed by atoms with Crippen molar-refractivity contribution in [3.8, 4) is 22.8 Å². The van der Waals surface area contributed by atoms with E-state index in [1.807, 2.05) is 48.6 Å². The number of nitrogens with one attached hydrogen (secondary N) is 1. The second kappa shape index (κ2) is 9.21. The lowest BCUT2D eigenvalue weighted by atomic mass is 10.2. The number of halogens is 3. The zero-order valence-corrected chi connectivity index (χ0v) is 17.0. The largest absolute Gasteiger partial charge is 0.497 e. The van der Waals surface area contributed by atoms with E-state index in [1.165, 1.54) is 0 Å². The highest BCUT2D eigenvalue weighted by atomic mass is 32.2. The van der Waals surface area contributed by atoms with Crippen molar-refractivity contribution in [2.24, 2.45) is 0 Å². The molecule has 0 bridgehead atoms. The monoisotopic (exact) mass is 436 g/mol. The molecule has 0 aliphatic heterocycles. The molecule has 30 heavy (non-hydrogen) atoms. The maximum atomic E-state index is 12.3. The summed E-state index contributed by atoms with van der Waals surface area (Å²) in [5.74, 6) is 0.278. The van der Waals surface area contributed by atoms with Gasteiger partial charge in [-0.3, -0.25) is 9.36 Å². The molecule has 1 heterocycles. The molecule has 10 heteroatoms. The molecule has 0 aliphatic rings. The van der Waals surface area contributed by atoms with Crippen LogP contribution < -0.4 is 10.1 Å². The Bertz CT molecular complexity index is 1000. The van der Waals surface area contributed by atoms with Crippen LogP contribution in [0.2, 0.25) is 0 Å². The molecule has 0 spiro atoms. The molecule has 0 radical (unpaired) electrons. The number of nitrogens with zero attached hydrogens (tertiary/aromatic N) is 3. The SMILES string of the molecule is COc1ccc(-c2nnc(SCC(=O)NCC(F)(F)F)n2-c2ccc(C)cc2)cc1. The summed E-state index contributed by atoms with van der Waals surface area (Å²) in [5.41, 5.74) is 2.62. The molecule has 0 saturated heterocycles. The first kappa shape index (κ1) is 21.7. The second-order valence-electron chi connectivity index (χ2n) is 6.39. The van der Waals surface area contributed by atoms with Gasteiger partial charge in [0.1, 0.15) is 12.3 Å². The highest BCUT2D eigenvalue weighted by molar-refractivity contribution is 7.99. The van der Waals surface area contributed by atoms with Crippen LogP contribution in [0.15, 0.2) is 53.7 Å². The Morgan fingerprint density at radius 3 is 2.37 bits per heavy atom. The van der Waals surface area contributed by atoms with Gasteiger partial charge in [-0.15, -0.1) is 10.2 Å². The second-order valence-corrected chi connectivity index (χ2v) is 7.33. The lowest BCUT2D eigenvalue weighted by molar-refractivity contribution is -0.136. The summed E-state index contributed by atoms with van der Waals surface area (Å²) in [7, 11) is 1.57. The average molecular weight is 436 g/mol. The number of alkyl halides is 3. The summed E-state index contributed by atoms with van der Waals surface area (Å²) in [6.07, 6.45) is -4.45. The number of thioether (sulfide) groups is 1. The van der Waals surface area contributed by atoms with Crippen molar-refractivity contribution < 1.29 is 22.7 Å². The molecule has 3 rings (SSSR count). The number of methoxy groups -OCH3 is 1. The number of amides is 1. The number of hydrogen-bond donors (Lipinski definition) is 1. The first-order valence-electron chi connectivity index (χ1n) is 8.90. The van der Waals surface area contributed by atoms with E-state index in [9.17, 15) is 18.0 Å². The lowest BCUT2D eigenvalue weighted by Gasteiger charge is -2.11. The van der Waals surface area contributed by atoms with Gasteiger partial charge in [-0.05, 0) is 43.3 Å². The van der Waals surface area contributed by atoms with Gasteiger partial charge >= 0.3 is 6.18 Å². The molecule has 6 nitrogen and oxygen atoms in total. The quantitative estimate of drug-likeness (QED) is 0.567.